The minimum Gasteiger partial charge on any atom is -0.371 e. The van der Waals surface area contributed by atoms with Gasteiger partial charge >= 0.3 is 0 Å². The number of rotatable bonds is 3. The second-order valence-corrected chi connectivity index (χ2v) is 8.88. The molecule has 0 aromatic heterocycles. The molecule has 23 heavy (non-hydrogen) atoms. The van der Waals surface area contributed by atoms with Crippen molar-refractivity contribution in [3.05, 3.63) is 66.3 Å². The molecule has 0 bridgehead atoms. The number of hydrogen-bond acceptors (Lipinski definition) is 1. The normalized spacial score (nSPS) is 19.0. The van der Waals surface area contributed by atoms with Gasteiger partial charge < -0.3 is 4.90 Å². The summed E-state index contributed by atoms with van der Waals surface area (Å²) in [6.45, 7) is 14.2. The summed E-state index contributed by atoms with van der Waals surface area (Å²) < 4.78 is 0. The van der Waals surface area contributed by atoms with Crippen LogP contribution in [-0.4, -0.2) is 26.8 Å². The van der Waals surface area contributed by atoms with Crippen LogP contribution in [0.15, 0.2) is 48.6 Å². The van der Waals surface area contributed by atoms with E-state index in [-0.39, 0.29) is 30.5 Å². The second-order valence-electron chi connectivity index (χ2n) is 6.11. The van der Waals surface area contributed by atoms with Gasteiger partial charge in [0.05, 0.1) is 8.80 Å². The van der Waals surface area contributed by atoms with Gasteiger partial charge in [-0.15, -0.1) is 0 Å². The fourth-order valence-electron chi connectivity index (χ4n) is 3.16. The summed E-state index contributed by atoms with van der Waals surface area (Å²) in [6, 6.07) is 9.02. The standard InChI is InChI=1S/C15H20NSi.C5H7.Ti/c1-17(2)15-11-14(16-9-5-6-10-16)12-7-3-4-8-13(12)15;1-3-5-4-2;/h3-4,7-8,11,15H,5-6,9-10H2,1-2H3;1,3-5H,2H3;/q;-1;. The van der Waals surface area contributed by atoms with Crippen LogP contribution in [0.2, 0.25) is 13.1 Å². The van der Waals surface area contributed by atoms with Gasteiger partial charge in [0.15, 0.2) is 0 Å². The Hall–Kier alpha value is -0.829. The molecule has 1 aromatic carbocycles. The third kappa shape index (κ3) is 5.07. The Balaban J connectivity index is 0.000000390. The van der Waals surface area contributed by atoms with Gasteiger partial charge in [0.2, 0.25) is 0 Å². The van der Waals surface area contributed by atoms with E-state index in [1.165, 1.54) is 43.3 Å². The van der Waals surface area contributed by atoms with E-state index >= 15 is 0 Å². The first-order valence-electron chi connectivity index (χ1n) is 8.21. The molecular formula is C20H27NSiTi-. The summed E-state index contributed by atoms with van der Waals surface area (Å²) in [7, 11) is -0.288. The van der Waals surface area contributed by atoms with Gasteiger partial charge in [-0.2, -0.15) is 6.08 Å². The van der Waals surface area contributed by atoms with Crippen molar-refractivity contribution in [3.63, 3.8) is 0 Å². The maximum absolute atomic E-state index is 4.93. The van der Waals surface area contributed by atoms with E-state index in [4.69, 9.17) is 6.58 Å². The molecule has 1 heterocycles. The third-order valence-corrected chi connectivity index (χ3v) is 5.99. The molecule has 1 aliphatic heterocycles. The maximum atomic E-state index is 4.93. The summed E-state index contributed by atoms with van der Waals surface area (Å²) in [4.78, 5) is 2.59. The van der Waals surface area contributed by atoms with Crippen molar-refractivity contribution in [2.75, 3.05) is 13.1 Å². The van der Waals surface area contributed by atoms with Gasteiger partial charge in [-0.25, -0.2) is 12.2 Å². The summed E-state index contributed by atoms with van der Waals surface area (Å²) in [5.74, 6) is 0. The molecule has 1 unspecified atom stereocenters. The van der Waals surface area contributed by atoms with E-state index in [0.29, 0.717) is 5.54 Å². The van der Waals surface area contributed by atoms with Gasteiger partial charge in [-0.1, -0.05) is 50.4 Å². The molecule has 0 amide bonds. The molecule has 0 N–H and O–H groups in total. The summed E-state index contributed by atoms with van der Waals surface area (Å²) in [6.07, 6.45) is 10.4. The number of hydrogen-bond donors (Lipinski definition) is 0. The predicted molar refractivity (Wildman–Crippen MR) is 99.1 cm³/mol. The second kappa shape index (κ2) is 10.1. The number of nitrogens with zero attached hydrogens (tertiary/aromatic N) is 1. The van der Waals surface area contributed by atoms with Crippen LogP contribution in [0.5, 0.6) is 0 Å². The van der Waals surface area contributed by atoms with Gasteiger partial charge in [0, 0.05) is 46.1 Å². The molecule has 1 saturated heterocycles. The van der Waals surface area contributed by atoms with Crippen molar-refractivity contribution < 1.29 is 21.7 Å². The van der Waals surface area contributed by atoms with Crippen molar-refractivity contribution in [1.29, 1.82) is 0 Å². The Morgan fingerprint density at radius 1 is 1.17 bits per heavy atom. The van der Waals surface area contributed by atoms with Crippen LogP contribution in [0, 0.1) is 6.58 Å². The fourth-order valence-corrected chi connectivity index (χ4v) is 4.53. The molecule has 0 saturated carbocycles. The first kappa shape index (κ1) is 20.2. The van der Waals surface area contributed by atoms with E-state index in [2.05, 4.69) is 48.3 Å². The molecule has 1 aliphatic carbocycles. The van der Waals surface area contributed by atoms with Crippen LogP contribution in [-0.2, 0) is 21.7 Å². The maximum Gasteiger partial charge on any atom is 0.0549 e. The molecule has 1 fully saturated rings. The molecule has 3 rings (SSSR count). The molecule has 121 valence electrons. The quantitative estimate of drug-likeness (QED) is 0.415. The van der Waals surface area contributed by atoms with Crippen molar-refractivity contribution in [1.82, 2.24) is 4.90 Å². The average molecular weight is 357 g/mol. The van der Waals surface area contributed by atoms with E-state index < -0.39 is 0 Å². The Kier molecular flexibility index (Phi) is 8.90. The van der Waals surface area contributed by atoms with E-state index in [9.17, 15) is 0 Å². The minimum absolute atomic E-state index is 0. The Morgan fingerprint density at radius 3 is 2.35 bits per heavy atom. The topological polar surface area (TPSA) is 3.24 Å². The molecule has 3 heteroatoms. The van der Waals surface area contributed by atoms with Gasteiger partial charge in [-0.3, -0.25) is 6.58 Å². The summed E-state index contributed by atoms with van der Waals surface area (Å²) in [5, 5.41) is 0. The number of fused-ring (bicyclic) bond motifs is 1. The molecule has 2 aliphatic rings. The molecule has 1 radical (unpaired) electrons. The molecule has 0 spiro atoms. The first-order valence-corrected chi connectivity index (χ1v) is 10.8. The average Bonchev–Trinajstić information content (AvgIpc) is 3.16. The fraction of sp³-hybridized carbons (Fsp3) is 0.400. The zero-order valence-corrected chi connectivity index (χ0v) is 17.1. The van der Waals surface area contributed by atoms with Crippen LogP contribution < -0.4 is 0 Å². The third-order valence-electron chi connectivity index (χ3n) is 4.27. The first-order chi connectivity index (χ1) is 10.7. The molecule has 1 nitrogen and oxygen atoms in total. The van der Waals surface area contributed by atoms with Gasteiger partial charge in [-0.05, 0) is 23.9 Å². The molecular weight excluding hydrogens is 330 g/mol. The van der Waals surface area contributed by atoms with E-state index in [1.807, 2.05) is 13.0 Å². The Bertz CT molecular complexity index is 557. The zero-order chi connectivity index (χ0) is 15.9. The van der Waals surface area contributed by atoms with E-state index in [0.717, 1.165) is 0 Å². The molecule has 1 aromatic rings. The minimum atomic E-state index is -0.288. The summed E-state index contributed by atoms with van der Waals surface area (Å²) in [5.41, 5.74) is 5.32. The SMILES string of the molecule is C[Si](C)C1C=C(N2CCCC2)c2ccccc21.[CH-]=CC=CC.[Ti]. The zero-order valence-electron chi connectivity index (χ0n) is 14.5. The predicted octanol–water partition coefficient (Wildman–Crippen LogP) is 5.06. The van der Waals surface area contributed by atoms with Crippen LogP contribution in [0.25, 0.3) is 5.70 Å². The number of likely N-dealkylation sites (tertiary alicyclic amines) is 1. The van der Waals surface area contributed by atoms with Crippen LogP contribution in [0.3, 0.4) is 0 Å². The van der Waals surface area contributed by atoms with Crippen molar-refractivity contribution in [2.45, 2.75) is 38.4 Å². The van der Waals surface area contributed by atoms with Crippen LogP contribution in [0.1, 0.15) is 36.4 Å². The van der Waals surface area contributed by atoms with Crippen LogP contribution in [0.4, 0.5) is 0 Å². The Labute approximate surface area is 158 Å². The largest absolute Gasteiger partial charge is 0.371 e. The van der Waals surface area contributed by atoms with Crippen molar-refractivity contribution in [3.8, 4) is 0 Å². The summed E-state index contributed by atoms with van der Waals surface area (Å²) >= 11 is 0. The number of benzene rings is 1. The monoisotopic (exact) mass is 357 g/mol. The van der Waals surface area contributed by atoms with E-state index in [1.54, 1.807) is 11.6 Å². The smallest absolute Gasteiger partial charge is 0.0549 e. The Morgan fingerprint density at radius 2 is 1.83 bits per heavy atom. The number of allylic oxidation sites excluding steroid dienone is 4. The van der Waals surface area contributed by atoms with Crippen molar-refractivity contribution in [2.24, 2.45) is 0 Å². The van der Waals surface area contributed by atoms with Crippen LogP contribution >= 0.6 is 0 Å². The van der Waals surface area contributed by atoms with Gasteiger partial charge in [0.1, 0.15) is 0 Å². The molecule has 1 atom stereocenters. The van der Waals surface area contributed by atoms with Crippen molar-refractivity contribution >= 4 is 14.5 Å². The van der Waals surface area contributed by atoms with Gasteiger partial charge in [0.25, 0.3) is 0 Å².